The predicted octanol–water partition coefficient (Wildman–Crippen LogP) is 2.58. The Morgan fingerprint density at radius 1 is 1.44 bits per heavy atom. The van der Waals surface area contributed by atoms with Crippen LogP contribution in [-0.4, -0.2) is 21.1 Å². The van der Waals surface area contributed by atoms with E-state index >= 15 is 0 Å². The molecular formula is C12H10N4OS. The van der Waals surface area contributed by atoms with Gasteiger partial charge in [-0.25, -0.2) is 4.98 Å². The van der Waals surface area contributed by atoms with Crippen LogP contribution in [0.4, 0.5) is 5.69 Å². The number of thiazole rings is 1. The van der Waals surface area contributed by atoms with Crippen molar-refractivity contribution < 1.29 is 4.79 Å². The lowest BCUT2D eigenvalue weighted by molar-refractivity contribution is 0.102. The standard InChI is InChI=1S/C12H10N4OS/c1-7-6-18-12(14-7)11(17)15-9-3-2-8-5-13-16-10(8)4-9/h2-6H,1H3,(H,13,16)(H,15,17). The van der Waals surface area contributed by atoms with Gasteiger partial charge in [-0.1, -0.05) is 0 Å². The van der Waals surface area contributed by atoms with E-state index in [2.05, 4.69) is 20.5 Å². The van der Waals surface area contributed by atoms with Crippen LogP contribution in [0, 0.1) is 6.92 Å². The van der Waals surface area contributed by atoms with Gasteiger partial charge in [-0.05, 0) is 25.1 Å². The van der Waals surface area contributed by atoms with Gasteiger partial charge in [0.05, 0.1) is 11.7 Å². The number of amides is 1. The molecule has 2 heterocycles. The Bertz CT molecular complexity index is 716. The summed E-state index contributed by atoms with van der Waals surface area (Å²) in [6.07, 6.45) is 1.74. The van der Waals surface area contributed by atoms with E-state index in [0.29, 0.717) is 5.01 Å². The van der Waals surface area contributed by atoms with E-state index in [1.165, 1.54) is 11.3 Å². The van der Waals surface area contributed by atoms with Crippen LogP contribution in [0.5, 0.6) is 0 Å². The maximum Gasteiger partial charge on any atom is 0.284 e. The molecule has 0 radical (unpaired) electrons. The normalized spacial score (nSPS) is 10.7. The zero-order valence-corrected chi connectivity index (χ0v) is 10.4. The highest BCUT2D eigenvalue weighted by Gasteiger charge is 2.10. The van der Waals surface area contributed by atoms with Gasteiger partial charge in [0.15, 0.2) is 5.01 Å². The second kappa shape index (κ2) is 4.23. The summed E-state index contributed by atoms with van der Waals surface area (Å²) in [6, 6.07) is 5.60. The van der Waals surface area contributed by atoms with Crippen molar-refractivity contribution in [3.63, 3.8) is 0 Å². The maximum atomic E-state index is 11.9. The van der Waals surface area contributed by atoms with Crippen LogP contribution in [0.25, 0.3) is 10.9 Å². The van der Waals surface area contributed by atoms with Gasteiger partial charge >= 0.3 is 0 Å². The number of aryl methyl sites for hydroxylation is 1. The summed E-state index contributed by atoms with van der Waals surface area (Å²) in [4.78, 5) is 16.1. The SMILES string of the molecule is Cc1csc(C(=O)Nc2ccc3cn[nH]c3c2)n1. The summed E-state index contributed by atoms with van der Waals surface area (Å²) < 4.78 is 0. The van der Waals surface area contributed by atoms with Crippen molar-refractivity contribution in [2.24, 2.45) is 0 Å². The summed E-state index contributed by atoms with van der Waals surface area (Å²) in [5.74, 6) is -0.188. The molecule has 0 fully saturated rings. The number of carbonyl (C=O) groups excluding carboxylic acids is 1. The van der Waals surface area contributed by atoms with E-state index in [9.17, 15) is 4.79 Å². The van der Waals surface area contributed by atoms with Gasteiger partial charge in [-0.2, -0.15) is 5.10 Å². The van der Waals surface area contributed by atoms with Crippen molar-refractivity contribution in [3.05, 3.63) is 40.5 Å². The molecule has 0 unspecified atom stereocenters. The van der Waals surface area contributed by atoms with E-state index in [1.807, 2.05) is 30.5 Å². The van der Waals surface area contributed by atoms with E-state index in [1.54, 1.807) is 6.20 Å². The predicted molar refractivity (Wildman–Crippen MR) is 70.9 cm³/mol. The molecular weight excluding hydrogens is 248 g/mol. The van der Waals surface area contributed by atoms with Gasteiger partial charge in [-0.15, -0.1) is 11.3 Å². The number of hydrogen-bond acceptors (Lipinski definition) is 4. The van der Waals surface area contributed by atoms with Crippen molar-refractivity contribution >= 4 is 33.8 Å². The van der Waals surface area contributed by atoms with Crippen molar-refractivity contribution in [1.82, 2.24) is 15.2 Å². The lowest BCUT2D eigenvalue weighted by atomic mass is 10.2. The lowest BCUT2D eigenvalue weighted by Crippen LogP contribution is -2.11. The van der Waals surface area contributed by atoms with E-state index in [0.717, 1.165) is 22.3 Å². The van der Waals surface area contributed by atoms with Gasteiger partial charge in [0.1, 0.15) is 0 Å². The van der Waals surface area contributed by atoms with E-state index in [4.69, 9.17) is 0 Å². The van der Waals surface area contributed by atoms with Crippen LogP contribution in [0.15, 0.2) is 29.8 Å². The Morgan fingerprint density at radius 3 is 3.11 bits per heavy atom. The van der Waals surface area contributed by atoms with Gasteiger partial charge in [0.2, 0.25) is 0 Å². The number of H-pyrrole nitrogens is 1. The first-order valence-electron chi connectivity index (χ1n) is 5.39. The molecule has 0 aliphatic heterocycles. The first kappa shape index (κ1) is 10.9. The highest BCUT2D eigenvalue weighted by atomic mass is 32.1. The monoisotopic (exact) mass is 258 g/mol. The quantitative estimate of drug-likeness (QED) is 0.742. The molecule has 6 heteroatoms. The highest BCUT2D eigenvalue weighted by molar-refractivity contribution is 7.11. The Morgan fingerprint density at radius 2 is 2.33 bits per heavy atom. The van der Waals surface area contributed by atoms with E-state index < -0.39 is 0 Å². The highest BCUT2D eigenvalue weighted by Crippen LogP contribution is 2.18. The summed E-state index contributed by atoms with van der Waals surface area (Å²) in [6.45, 7) is 1.87. The maximum absolute atomic E-state index is 11.9. The number of aromatic nitrogens is 3. The Hall–Kier alpha value is -2.21. The Kier molecular flexibility index (Phi) is 2.56. The Balaban J connectivity index is 1.85. The first-order chi connectivity index (χ1) is 8.72. The second-order valence-electron chi connectivity index (χ2n) is 3.92. The fraction of sp³-hybridized carbons (Fsp3) is 0.0833. The number of hydrogen-bond donors (Lipinski definition) is 2. The molecule has 5 nitrogen and oxygen atoms in total. The van der Waals surface area contributed by atoms with Gasteiger partial charge in [-0.3, -0.25) is 9.89 Å². The number of fused-ring (bicyclic) bond motifs is 1. The van der Waals surface area contributed by atoms with Crippen LogP contribution in [0.2, 0.25) is 0 Å². The third-order valence-corrected chi connectivity index (χ3v) is 3.47. The molecule has 1 amide bonds. The molecule has 0 atom stereocenters. The van der Waals surface area contributed by atoms with Crippen molar-refractivity contribution in [2.75, 3.05) is 5.32 Å². The number of rotatable bonds is 2. The minimum absolute atomic E-state index is 0.188. The Labute approximate surface area is 107 Å². The summed E-state index contributed by atoms with van der Waals surface area (Å²) in [5.41, 5.74) is 2.47. The van der Waals surface area contributed by atoms with E-state index in [-0.39, 0.29) is 5.91 Å². The number of benzene rings is 1. The third kappa shape index (κ3) is 1.98. The molecule has 3 aromatic rings. The van der Waals surface area contributed by atoms with Crippen molar-refractivity contribution in [1.29, 1.82) is 0 Å². The molecule has 90 valence electrons. The third-order valence-electron chi connectivity index (χ3n) is 2.51. The smallest absolute Gasteiger partial charge is 0.284 e. The largest absolute Gasteiger partial charge is 0.320 e. The number of carbonyl (C=O) groups is 1. The van der Waals surface area contributed by atoms with Crippen LogP contribution >= 0.6 is 11.3 Å². The first-order valence-corrected chi connectivity index (χ1v) is 6.27. The average Bonchev–Trinajstić information content (AvgIpc) is 2.96. The number of aromatic amines is 1. The van der Waals surface area contributed by atoms with Crippen LogP contribution in [-0.2, 0) is 0 Å². The lowest BCUT2D eigenvalue weighted by Gasteiger charge is -2.02. The number of nitrogens with one attached hydrogen (secondary N) is 2. The molecule has 0 spiro atoms. The van der Waals surface area contributed by atoms with Crippen molar-refractivity contribution in [2.45, 2.75) is 6.92 Å². The minimum Gasteiger partial charge on any atom is -0.320 e. The topological polar surface area (TPSA) is 70.7 Å². The average molecular weight is 258 g/mol. The molecule has 0 saturated carbocycles. The second-order valence-corrected chi connectivity index (χ2v) is 4.78. The van der Waals surface area contributed by atoms with Gasteiger partial charge in [0, 0.05) is 22.1 Å². The summed E-state index contributed by atoms with van der Waals surface area (Å²) >= 11 is 1.34. The molecule has 2 aromatic heterocycles. The van der Waals surface area contributed by atoms with Gasteiger partial charge in [0.25, 0.3) is 5.91 Å². The van der Waals surface area contributed by atoms with Crippen LogP contribution in [0.3, 0.4) is 0 Å². The zero-order valence-electron chi connectivity index (χ0n) is 9.60. The zero-order chi connectivity index (χ0) is 12.5. The molecule has 0 aliphatic rings. The van der Waals surface area contributed by atoms with Crippen LogP contribution < -0.4 is 5.32 Å². The molecule has 0 bridgehead atoms. The fourth-order valence-corrected chi connectivity index (χ4v) is 2.35. The van der Waals surface area contributed by atoms with Crippen molar-refractivity contribution in [3.8, 4) is 0 Å². The summed E-state index contributed by atoms with van der Waals surface area (Å²) in [7, 11) is 0. The molecule has 3 rings (SSSR count). The molecule has 2 N–H and O–H groups in total. The molecule has 0 aliphatic carbocycles. The molecule has 18 heavy (non-hydrogen) atoms. The molecule has 1 aromatic carbocycles. The summed E-state index contributed by atoms with van der Waals surface area (Å²) in [5, 5.41) is 12.9. The minimum atomic E-state index is -0.188. The molecule has 0 saturated heterocycles. The van der Waals surface area contributed by atoms with Gasteiger partial charge < -0.3 is 5.32 Å². The fourth-order valence-electron chi connectivity index (χ4n) is 1.66. The number of nitrogens with zero attached hydrogens (tertiary/aromatic N) is 2. The van der Waals surface area contributed by atoms with Crippen LogP contribution in [0.1, 0.15) is 15.5 Å². The number of anilines is 1.